The van der Waals surface area contributed by atoms with E-state index >= 15 is 0 Å². The van der Waals surface area contributed by atoms with Crippen LogP contribution in [0.15, 0.2) is 4.79 Å². The minimum atomic E-state index is -0.0215. The summed E-state index contributed by atoms with van der Waals surface area (Å²) in [6.07, 6.45) is 2.60. The van der Waals surface area contributed by atoms with E-state index in [0.717, 1.165) is 30.3 Å². The highest BCUT2D eigenvalue weighted by Gasteiger charge is 2.17. The van der Waals surface area contributed by atoms with Crippen molar-refractivity contribution < 1.29 is 0 Å². The predicted molar refractivity (Wildman–Crippen MR) is 85.6 cm³/mol. The van der Waals surface area contributed by atoms with E-state index in [1.165, 1.54) is 25.9 Å². The molecule has 1 aliphatic rings. The number of rotatable bonds is 5. The Balaban J connectivity index is 1.85. The van der Waals surface area contributed by atoms with Crippen LogP contribution in [0.2, 0.25) is 0 Å². The Morgan fingerprint density at radius 2 is 2.05 bits per heavy atom. The average Bonchev–Trinajstić information content (AvgIpc) is 2.40. The van der Waals surface area contributed by atoms with E-state index in [1.807, 2.05) is 20.8 Å². The first-order chi connectivity index (χ1) is 9.97. The fourth-order valence-corrected chi connectivity index (χ4v) is 3.07. The summed E-state index contributed by atoms with van der Waals surface area (Å²) in [6, 6.07) is 0.0329. The van der Waals surface area contributed by atoms with Gasteiger partial charge in [-0.3, -0.25) is 4.79 Å². The van der Waals surface area contributed by atoms with Gasteiger partial charge < -0.3 is 15.2 Å². The summed E-state index contributed by atoms with van der Waals surface area (Å²) in [5.74, 6) is 1.55. The highest BCUT2D eigenvalue weighted by molar-refractivity contribution is 5.19. The van der Waals surface area contributed by atoms with Gasteiger partial charge in [0, 0.05) is 24.8 Å². The van der Waals surface area contributed by atoms with Gasteiger partial charge in [0.25, 0.3) is 5.56 Å². The van der Waals surface area contributed by atoms with Gasteiger partial charge in [0.15, 0.2) is 0 Å². The zero-order chi connectivity index (χ0) is 15.4. The Hall–Kier alpha value is -1.20. The second-order valence-corrected chi connectivity index (χ2v) is 6.35. The standard InChI is InChI=1S/C16H28N4O/c1-11-5-8-20(9-6-11)10-7-17-12(2)15-13(3)18-14(4)19-16(15)21/h11-12,17H,5-10H2,1-4H3,(H,18,19,21). The molecule has 118 valence electrons. The van der Waals surface area contributed by atoms with Gasteiger partial charge in [0.2, 0.25) is 0 Å². The maximum Gasteiger partial charge on any atom is 0.255 e. The molecule has 1 saturated heterocycles. The molecule has 2 heterocycles. The van der Waals surface area contributed by atoms with Gasteiger partial charge in [0.05, 0.1) is 5.56 Å². The van der Waals surface area contributed by atoms with Gasteiger partial charge in [-0.25, -0.2) is 4.98 Å². The van der Waals surface area contributed by atoms with Gasteiger partial charge in [-0.1, -0.05) is 6.92 Å². The topological polar surface area (TPSA) is 61.0 Å². The first kappa shape index (κ1) is 16.2. The number of hydrogen-bond acceptors (Lipinski definition) is 4. The summed E-state index contributed by atoms with van der Waals surface area (Å²) < 4.78 is 0. The van der Waals surface area contributed by atoms with Gasteiger partial charge in [-0.05, 0) is 52.6 Å². The summed E-state index contributed by atoms with van der Waals surface area (Å²) in [7, 11) is 0. The number of piperidine rings is 1. The number of H-pyrrole nitrogens is 1. The van der Waals surface area contributed by atoms with E-state index in [-0.39, 0.29) is 11.6 Å². The molecule has 5 heteroatoms. The van der Waals surface area contributed by atoms with Crippen LogP contribution in [0.5, 0.6) is 0 Å². The molecule has 1 atom stereocenters. The summed E-state index contributed by atoms with van der Waals surface area (Å²) >= 11 is 0. The first-order valence-electron chi connectivity index (χ1n) is 8.00. The maximum atomic E-state index is 12.1. The van der Waals surface area contributed by atoms with E-state index < -0.39 is 0 Å². The molecule has 0 spiro atoms. The zero-order valence-electron chi connectivity index (χ0n) is 13.7. The Bertz CT molecular complexity index is 517. The third-order valence-electron chi connectivity index (χ3n) is 4.45. The molecule has 0 aromatic carbocycles. The first-order valence-corrected chi connectivity index (χ1v) is 8.00. The number of nitrogens with one attached hydrogen (secondary N) is 2. The Morgan fingerprint density at radius 1 is 1.38 bits per heavy atom. The lowest BCUT2D eigenvalue weighted by molar-refractivity contribution is 0.191. The average molecular weight is 292 g/mol. The molecular formula is C16H28N4O. The number of aromatic nitrogens is 2. The second kappa shape index (κ2) is 7.18. The van der Waals surface area contributed by atoms with E-state index in [9.17, 15) is 4.79 Å². The highest BCUT2D eigenvalue weighted by atomic mass is 16.1. The largest absolute Gasteiger partial charge is 0.310 e. The number of hydrogen-bond donors (Lipinski definition) is 2. The molecule has 1 aliphatic heterocycles. The van der Waals surface area contributed by atoms with Crippen LogP contribution >= 0.6 is 0 Å². The predicted octanol–water partition coefficient (Wildman–Crippen LogP) is 1.77. The van der Waals surface area contributed by atoms with Crippen molar-refractivity contribution in [3.05, 3.63) is 27.4 Å². The lowest BCUT2D eigenvalue weighted by atomic mass is 9.99. The van der Waals surface area contributed by atoms with Gasteiger partial charge in [-0.2, -0.15) is 0 Å². The van der Waals surface area contributed by atoms with Crippen molar-refractivity contribution in [3.8, 4) is 0 Å². The number of aromatic amines is 1. The van der Waals surface area contributed by atoms with Crippen molar-refractivity contribution in [1.29, 1.82) is 0 Å². The molecule has 2 rings (SSSR count). The molecule has 2 N–H and O–H groups in total. The summed E-state index contributed by atoms with van der Waals surface area (Å²) in [5.41, 5.74) is 1.56. The van der Waals surface area contributed by atoms with Crippen LogP contribution in [0.1, 0.15) is 49.8 Å². The lowest BCUT2D eigenvalue weighted by Gasteiger charge is -2.30. The van der Waals surface area contributed by atoms with Crippen LogP contribution in [0.3, 0.4) is 0 Å². The molecular weight excluding hydrogens is 264 g/mol. The molecule has 1 fully saturated rings. The van der Waals surface area contributed by atoms with Crippen LogP contribution in [-0.4, -0.2) is 41.0 Å². The minimum Gasteiger partial charge on any atom is -0.310 e. The number of aryl methyl sites for hydroxylation is 2. The van der Waals surface area contributed by atoms with Gasteiger partial charge >= 0.3 is 0 Å². The number of nitrogens with zero attached hydrogens (tertiary/aromatic N) is 2. The molecule has 0 radical (unpaired) electrons. The Kier molecular flexibility index (Phi) is 5.53. The monoisotopic (exact) mass is 292 g/mol. The van der Waals surface area contributed by atoms with E-state index in [4.69, 9.17) is 0 Å². The SMILES string of the molecule is Cc1nc(C)c(C(C)NCCN2CCC(C)CC2)c(=O)[nH]1. The molecule has 0 amide bonds. The summed E-state index contributed by atoms with van der Waals surface area (Å²) in [4.78, 5) is 21.7. The van der Waals surface area contributed by atoms with Gasteiger partial charge in [0.1, 0.15) is 5.82 Å². The molecule has 5 nitrogen and oxygen atoms in total. The fourth-order valence-electron chi connectivity index (χ4n) is 3.07. The second-order valence-electron chi connectivity index (χ2n) is 6.35. The normalized spacial score (nSPS) is 18.9. The smallest absolute Gasteiger partial charge is 0.255 e. The van der Waals surface area contributed by atoms with Crippen LogP contribution in [0, 0.1) is 19.8 Å². The summed E-state index contributed by atoms with van der Waals surface area (Å²) in [6.45, 7) is 12.4. The van der Waals surface area contributed by atoms with Crippen molar-refractivity contribution >= 4 is 0 Å². The molecule has 0 saturated carbocycles. The Labute approximate surface area is 127 Å². The van der Waals surface area contributed by atoms with Gasteiger partial charge in [-0.15, -0.1) is 0 Å². The zero-order valence-corrected chi connectivity index (χ0v) is 13.7. The fraction of sp³-hybridized carbons (Fsp3) is 0.750. The molecule has 21 heavy (non-hydrogen) atoms. The highest BCUT2D eigenvalue weighted by Crippen LogP contribution is 2.15. The van der Waals surface area contributed by atoms with Crippen molar-refractivity contribution in [3.63, 3.8) is 0 Å². The third-order valence-corrected chi connectivity index (χ3v) is 4.45. The van der Waals surface area contributed by atoms with E-state index in [1.54, 1.807) is 0 Å². The molecule has 1 aromatic heterocycles. The molecule has 1 aromatic rings. The van der Waals surface area contributed by atoms with E-state index in [0.29, 0.717) is 5.82 Å². The van der Waals surface area contributed by atoms with Crippen LogP contribution in [0.4, 0.5) is 0 Å². The van der Waals surface area contributed by atoms with Crippen molar-refractivity contribution in [2.75, 3.05) is 26.2 Å². The van der Waals surface area contributed by atoms with Crippen LogP contribution in [0.25, 0.3) is 0 Å². The van der Waals surface area contributed by atoms with E-state index in [2.05, 4.69) is 27.1 Å². The van der Waals surface area contributed by atoms with Crippen molar-refractivity contribution in [2.24, 2.45) is 5.92 Å². The Morgan fingerprint density at radius 3 is 2.67 bits per heavy atom. The van der Waals surface area contributed by atoms with Crippen molar-refractivity contribution in [2.45, 2.75) is 46.6 Å². The molecule has 1 unspecified atom stereocenters. The lowest BCUT2D eigenvalue weighted by Crippen LogP contribution is -2.39. The van der Waals surface area contributed by atoms with Crippen molar-refractivity contribution in [1.82, 2.24) is 20.2 Å². The molecule has 0 bridgehead atoms. The third kappa shape index (κ3) is 4.38. The van der Waals surface area contributed by atoms with Crippen LogP contribution in [-0.2, 0) is 0 Å². The maximum absolute atomic E-state index is 12.1. The number of likely N-dealkylation sites (tertiary alicyclic amines) is 1. The summed E-state index contributed by atoms with van der Waals surface area (Å²) in [5, 5.41) is 3.46. The molecule has 0 aliphatic carbocycles. The van der Waals surface area contributed by atoms with Crippen LogP contribution < -0.4 is 10.9 Å². The quantitative estimate of drug-likeness (QED) is 0.868. The minimum absolute atomic E-state index is 0.0215.